The van der Waals surface area contributed by atoms with Gasteiger partial charge in [-0.3, -0.25) is 14.4 Å². The molecule has 1 aromatic heterocycles. The van der Waals surface area contributed by atoms with Gasteiger partial charge in [-0.25, -0.2) is 0 Å². The maximum absolute atomic E-state index is 12.1. The molecule has 2 amide bonds. The van der Waals surface area contributed by atoms with Gasteiger partial charge in [-0.15, -0.1) is 0 Å². The Labute approximate surface area is 110 Å². The van der Waals surface area contributed by atoms with Crippen LogP contribution < -0.4 is 16.6 Å². The molecule has 0 spiro atoms. The summed E-state index contributed by atoms with van der Waals surface area (Å²) in [5.74, 6) is -0.435. The number of hydrogen-bond donors (Lipinski definition) is 2. The zero-order chi connectivity index (χ0) is 13.8. The summed E-state index contributed by atoms with van der Waals surface area (Å²) < 4.78 is 1.25. The Morgan fingerprint density at radius 2 is 2.16 bits per heavy atom. The average molecular weight is 264 g/mol. The van der Waals surface area contributed by atoms with Gasteiger partial charge in [-0.2, -0.15) is 0 Å². The third-order valence-electron chi connectivity index (χ3n) is 2.93. The summed E-state index contributed by atoms with van der Waals surface area (Å²) in [5, 5.41) is 2.69. The summed E-state index contributed by atoms with van der Waals surface area (Å²) >= 11 is 0. The number of anilines is 1. The molecule has 1 aromatic rings. The van der Waals surface area contributed by atoms with Crippen molar-refractivity contribution in [3.05, 3.63) is 28.7 Å². The van der Waals surface area contributed by atoms with Crippen LogP contribution in [0.2, 0.25) is 0 Å². The SMILES string of the molecule is Nc1ccc(=O)n(CC(=O)N2CCCNC(=O)C2)c1. The molecule has 0 atom stereocenters. The summed E-state index contributed by atoms with van der Waals surface area (Å²) in [7, 11) is 0. The van der Waals surface area contributed by atoms with Crippen LogP contribution in [0, 0.1) is 0 Å². The van der Waals surface area contributed by atoms with E-state index in [0.717, 1.165) is 0 Å². The minimum Gasteiger partial charge on any atom is -0.398 e. The van der Waals surface area contributed by atoms with Gasteiger partial charge in [0.1, 0.15) is 6.54 Å². The third kappa shape index (κ3) is 3.34. The van der Waals surface area contributed by atoms with E-state index in [1.165, 1.54) is 27.8 Å². The number of carbonyl (C=O) groups is 2. The number of nitrogen functional groups attached to an aromatic ring is 1. The second-order valence-corrected chi connectivity index (χ2v) is 4.45. The van der Waals surface area contributed by atoms with E-state index in [2.05, 4.69) is 5.32 Å². The predicted octanol–water partition coefficient (Wildman–Crippen LogP) is -1.22. The first kappa shape index (κ1) is 13.1. The predicted molar refractivity (Wildman–Crippen MR) is 69.3 cm³/mol. The van der Waals surface area contributed by atoms with Gasteiger partial charge in [0.25, 0.3) is 5.56 Å². The maximum atomic E-state index is 12.1. The number of rotatable bonds is 2. The monoisotopic (exact) mass is 264 g/mol. The van der Waals surface area contributed by atoms with Crippen LogP contribution in [-0.4, -0.2) is 40.9 Å². The molecule has 1 saturated heterocycles. The molecule has 3 N–H and O–H groups in total. The Hall–Kier alpha value is -2.31. The topological polar surface area (TPSA) is 97.4 Å². The fourth-order valence-corrected chi connectivity index (χ4v) is 1.94. The summed E-state index contributed by atoms with van der Waals surface area (Å²) in [6.45, 7) is 1.02. The fraction of sp³-hybridized carbons (Fsp3) is 0.417. The molecule has 0 saturated carbocycles. The van der Waals surface area contributed by atoms with Crippen LogP contribution in [0.4, 0.5) is 5.69 Å². The number of amides is 2. The highest BCUT2D eigenvalue weighted by molar-refractivity contribution is 5.85. The molecule has 0 aromatic carbocycles. The van der Waals surface area contributed by atoms with E-state index >= 15 is 0 Å². The Morgan fingerprint density at radius 1 is 1.37 bits per heavy atom. The van der Waals surface area contributed by atoms with Gasteiger partial charge in [0.2, 0.25) is 11.8 Å². The lowest BCUT2D eigenvalue weighted by Crippen LogP contribution is -2.40. The van der Waals surface area contributed by atoms with Gasteiger partial charge < -0.3 is 20.5 Å². The van der Waals surface area contributed by atoms with Crippen molar-refractivity contribution in [2.75, 3.05) is 25.4 Å². The molecule has 7 nitrogen and oxygen atoms in total. The molecular formula is C12H16N4O3. The minimum absolute atomic E-state index is 0.0376. The number of aromatic nitrogens is 1. The normalized spacial score (nSPS) is 15.8. The van der Waals surface area contributed by atoms with Crippen molar-refractivity contribution < 1.29 is 9.59 Å². The number of pyridine rings is 1. The number of hydrogen-bond acceptors (Lipinski definition) is 4. The largest absolute Gasteiger partial charge is 0.398 e. The van der Waals surface area contributed by atoms with Gasteiger partial charge in [-0.1, -0.05) is 0 Å². The molecule has 0 radical (unpaired) electrons. The van der Waals surface area contributed by atoms with Gasteiger partial charge in [-0.05, 0) is 12.5 Å². The van der Waals surface area contributed by atoms with Crippen molar-refractivity contribution >= 4 is 17.5 Å². The molecule has 7 heteroatoms. The maximum Gasteiger partial charge on any atom is 0.251 e. The zero-order valence-corrected chi connectivity index (χ0v) is 10.5. The van der Waals surface area contributed by atoms with Crippen molar-refractivity contribution in [1.29, 1.82) is 0 Å². The van der Waals surface area contributed by atoms with E-state index in [0.29, 0.717) is 25.2 Å². The molecular weight excluding hydrogens is 248 g/mol. The first-order valence-corrected chi connectivity index (χ1v) is 6.07. The van der Waals surface area contributed by atoms with E-state index in [1.54, 1.807) is 0 Å². The van der Waals surface area contributed by atoms with Crippen molar-refractivity contribution in [3.8, 4) is 0 Å². The van der Waals surface area contributed by atoms with Crippen LogP contribution in [0.3, 0.4) is 0 Å². The Bertz CT molecular complexity index is 552. The van der Waals surface area contributed by atoms with Crippen LogP contribution >= 0.6 is 0 Å². The van der Waals surface area contributed by atoms with E-state index in [-0.39, 0.29) is 30.5 Å². The van der Waals surface area contributed by atoms with Crippen LogP contribution in [0.1, 0.15) is 6.42 Å². The molecule has 0 unspecified atom stereocenters. The van der Waals surface area contributed by atoms with Gasteiger partial charge in [0.15, 0.2) is 0 Å². The number of carbonyl (C=O) groups excluding carboxylic acids is 2. The van der Waals surface area contributed by atoms with Crippen molar-refractivity contribution in [2.45, 2.75) is 13.0 Å². The second kappa shape index (κ2) is 5.55. The highest BCUT2D eigenvalue weighted by Gasteiger charge is 2.19. The highest BCUT2D eigenvalue weighted by atomic mass is 16.2. The molecule has 102 valence electrons. The van der Waals surface area contributed by atoms with Crippen molar-refractivity contribution in [1.82, 2.24) is 14.8 Å². The number of nitrogens with one attached hydrogen (secondary N) is 1. The summed E-state index contributed by atoms with van der Waals surface area (Å²) in [6, 6.07) is 2.81. The number of nitrogens with two attached hydrogens (primary N) is 1. The highest BCUT2D eigenvalue weighted by Crippen LogP contribution is 2.01. The number of nitrogens with zero attached hydrogens (tertiary/aromatic N) is 2. The average Bonchev–Trinajstić information content (AvgIpc) is 2.58. The lowest BCUT2D eigenvalue weighted by molar-refractivity contribution is -0.135. The third-order valence-corrected chi connectivity index (χ3v) is 2.93. The van der Waals surface area contributed by atoms with E-state index < -0.39 is 0 Å². The first-order chi connectivity index (χ1) is 9.06. The lowest BCUT2D eigenvalue weighted by Gasteiger charge is -2.19. The standard InChI is InChI=1S/C12H16N4O3/c13-9-2-3-11(18)16(6-9)8-12(19)15-5-1-4-14-10(17)7-15/h2-3,6H,1,4-5,7-8,13H2,(H,14,17). The Balaban J connectivity index is 2.09. The second-order valence-electron chi connectivity index (χ2n) is 4.45. The first-order valence-electron chi connectivity index (χ1n) is 6.07. The van der Waals surface area contributed by atoms with Crippen molar-refractivity contribution in [2.24, 2.45) is 0 Å². The summed E-state index contributed by atoms with van der Waals surface area (Å²) in [6.07, 6.45) is 2.14. The van der Waals surface area contributed by atoms with E-state index in [9.17, 15) is 14.4 Å². The van der Waals surface area contributed by atoms with Crippen LogP contribution in [0.5, 0.6) is 0 Å². The quantitative estimate of drug-likeness (QED) is 0.699. The molecule has 1 aliphatic heterocycles. The van der Waals surface area contributed by atoms with Gasteiger partial charge >= 0.3 is 0 Å². The summed E-state index contributed by atoms with van der Waals surface area (Å²) in [4.78, 5) is 36.5. The Morgan fingerprint density at radius 3 is 2.95 bits per heavy atom. The minimum atomic E-state index is -0.290. The van der Waals surface area contributed by atoms with E-state index in [1.807, 2.05) is 0 Å². The van der Waals surface area contributed by atoms with Crippen LogP contribution in [0.25, 0.3) is 0 Å². The molecule has 2 heterocycles. The van der Waals surface area contributed by atoms with Crippen LogP contribution in [0.15, 0.2) is 23.1 Å². The van der Waals surface area contributed by atoms with Gasteiger partial charge in [0.05, 0.1) is 6.54 Å². The fourth-order valence-electron chi connectivity index (χ4n) is 1.94. The molecule has 2 rings (SSSR count). The molecule has 1 fully saturated rings. The molecule has 0 aliphatic carbocycles. The van der Waals surface area contributed by atoms with E-state index in [4.69, 9.17) is 5.73 Å². The summed E-state index contributed by atoms with van der Waals surface area (Å²) in [5.41, 5.74) is 5.71. The smallest absolute Gasteiger partial charge is 0.251 e. The van der Waals surface area contributed by atoms with Crippen LogP contribution in [-0.2, 0) is 16.1 Å². The zero-order valence-electron chi connectivity index (χ0n) is 10.5. The Kier molecular flexibility index (Phi) is 3.84. The van der Waals surface area contributed by atoms with Gasteiger partial charge in [0, 0.05) is 31.0 Å². The molecule has 1 aliphatic rings. The van der Waals surface area contributed by atoms with Crippen molar-refractivity contribution in [3.63, 3.8) is 0 Å². The lowest BCUT2D eigenvalue weighted by atomic mass is 10.3. The molecule has 0 bridgehead atoms. The molecule has 19 heavy (non-hydrogen) atoms.